The van der Waals surface area contributed by atoms with Crippen molar-refractivity contribution in [1.82, 2.24) is 10.2 Å². The van der Waals surface area contributed by atoms with Gasteiger partial charge in [0.1, 0.15) is 0 Å². The summed E-state index contributed by atoms with van der Waals surface area (Å²) in [6, 6.07) is -0.272. The second-order valence-electron chi connectivity index (χ2n) is 4.29. The van der Waals surface area contributed by atoms with Crippen molar-refractivity contribution in [2.45, 2.75) is 38.8 Å². The number of nitrogens with one attached hydrogen (secondary N) is 1. The van der Waals surface area contributed by atoms with Crippen molar-refractivity contribution in [3.63, 3.8) is 0 Å². The van der Waals surface area contributed by atoms with E-state index in [1.807, 2.05) is 7.05 Å². The molecule has 3 N–H and O–H groups in total. The first-order valence-corrected chi connectivity index (χ1v) is 5.03. The Labute approximate surface area is 86.8 Å². The highest BCUT2D eigenvalue weighted by Crippen LogP contribution is 2.16. The fourth-order valence-corrected chi connectivity index (χ4v) is 1.11. The average molecular weight is 201 g/mol. The number of likely N-dealkylation sites (N-methyl/N-ethyl adjacent to an activating group) is 2. The Morgan fingerprint density at radius 1 is 1.57 bits per heavy atom. The van der Waals surface area contributed by atoms with Gasteiger partial charge in [-0.2, -0.15) is 0 Å². The van der Waals surface area contributed by atoms with E-state index in [0.717, 1.165) is 6.42 Å². The van der Waals surface area contributed by atoms with Crippen molar-refractivity contribution in [1.29, 1.82) is 0 Å². The van der Waals surface area contributed by atoms with Crippen molar-refractivity contribution in [3.05, 3.63) is 0 Å². The fraction of sp³-hybridized carbons (Fsp3) is 0.900. The lowest BCUT2D eigenvalue weighted by Gasteiger charge is -2.36. The van der Waals surface area contributed by atoms with Gasteiger partial charge < -0.3 is 11.1 Å². The van der Waals surface area contributed by atoms with Crippen LogP contribution in [-0.4, -0.2) is 43.0 Å². The van der Waals surface area contributed by atoms with Crippen molar-refractivity contribution in [3.8, 4) is 0 Å². The summed E-state index contributed by atoms with van der Waals surface area (Å²) in [5, 5.41) is 2.91. The molecule has 4 heteroatoms. The van der Waals surface area contributed by atoms with E-state index in [9.17, 15) is 4.79 Å². The molecular formula is C10H23N3O. The maximum Gasteiger partial charge on any atom is 0.235 e. The normalized spacial score (nSPS) is 14.4. The minimum Gasteiger partial charge on any atom is -0.368 e. The van der Waals surface area contributed by atoms with E-state index in [1.165, 1.54) is 0 Å². The molecule has 0 aromatic rings. The van der Waals surface area contributed by atoms with E-state index in [-0.39, 0.29) is 17.5 Å². The van der Waals surface area contributed by atoms with Crippen molar-refractivity contribution >= 4 is 5.91 Å². The third-order valence-corrected chi connectivity index (χ3v) is 3.05. The molecule has 0 saturated carbocycles. The van der Waals surface area contributed by atoms with Crippen LogP contribution in [0.2, 0.25) is 0 Å². The smallest absolute Gasteiger partial charge is 0.235 e. The molecule has 0 aliphatic carbocycles. The minimum absolute atomic E-state index is 0.102. The molecule has 0 radical (unpaired) electrons. The number of carbonyl (C=O) groups is 1. The third-order valence-electron chi connectivity index (χ3n) is 3.05. The van der Waals surface area contributed by atoms with Crippen LogP contribution in [-0.2, 0) is 4.79 Å². The van der Waals surface area contributed by atoms with Crippen LogP contribution in [0.25, 0.3) is 0 Å². The summed E-state index contributed by atoms with van der Waals surface area (Å²) in [6.45, 7) is 7.09. The second-order valence-corrected chi connectivity index (χ2v) is 4.29. The Bertz CT molecular complexity index is 192. The van der Waals surface area contributed by atoms with E-state index >= 15 is 0 Å². The molecule has 0 aromatic carbocycles. The van der Waals surface area contributed by atoms with Gasteiger partial charge in [0, 0.05) is 12.1 Å². The molecule has 1 amide bonds. The van der Waals surface area contributed by atoms with Crippen LogP contribution in [0.15, 0.2) is 0 Å². The van der Waals surface area contributed by atoms with Crippen LogP contribution in [0.5, 0.6) is 0 Å². The van der Waals surface area contributed by atoms with Crippen LogP contribution in [0.3, 0.4) is 0 Å². The molecule has 1 atom stereocenters. The molecule has 0 rings (SSSR count). The van der Waals surface area contributed by atoms with Gasteiger partial charge in [0.25, 0.3) is 0 Å². The average Bonchev–Trinajstić information content (AvgIpc) is 2.12. The van der Waals surface area contributed by atoms with Crippen molar-refractivity contribution < 1.29 is 4.79 Å². The first kappa shape index (κ1) is 13.4. The summed E-state index contributed by atoms with van der Waals surface area (Å²) in [4.78, 5) is 13.2. The Balaban J connectivity index is 4.29. The number of nitrogens with zero attached hydrogens (tertiary/aromatic N) is 1. The van der Waals surface area contributed by atoms with Gasteiger partial charge in [-0.1, -0.05) is 6.92 Å². The SMILES string of the molecule is CCC(C)(C)N(C)CC(NC)C(N)=O. The van der Waals surface area contributed by atoms with Gasteiger partial charge in [-0.25, -0.2) is 0 Å². The van der Waals surface area contributed by atoms with Crippen LogP contribution in [0.4, 0.5) is 0 Å². The summed E-state index contributed by atoms with van der Waals surface area (Å²) in [5.41, 5.74) is 5.35. The van der Waals surface area contributed by atoms with Crippen molar-refractivity contribution in [2.24, 2.45) is 5.73 Å². The maximum atomic E-state index is 11.0. The maximum absolute atomic E-state index is 11.0. The molecule has 0 bridgehead atoms. The van der Waals surface area contributed by atoms with Gasteiger partial charge >= 0.3 is 0 Å². The standard InChI is InChI=1S/C10H23N3O/c1-6-10(2,3)13(5)7-8(12-4)9(11)14/h8,12H,6-7H2,1-5H3,(H2,11,14). The highest BCUT2D eigenvalue weighted by molar-refractivity contribution is 5.80. The number of carbonyl (C=O) groups excluding carboxylic acids is 1. The number of primary amides is 1. The topological polar surface area (TPSA) is 58.4 Å². The Morgan fingerprint density at radius 3 is 2.36 bits per heavy atom. The Hall–Kier alpha value is -0.610. The monoisotopic (exact) mass is 201 g/mol. The fourth-order valence-electron chi connectivity index (χ4n) is 1.11. The summed E-state index contributed by atoms with van der Waals surface area (Å²) >= 11 is 0. The molecule has 14 heavy (non-hydrogen) atoms. The van der Waals surface area contributed by atoms with E-state index in [2.05, 4.69) is 31.0 Å². The van der Waals surface area contributed by atoms with Crippen LogP contribution < -0.4 is 11.1 Å². The lowest BCUT2D eigenvalue weighted by atomic mass is 9.99. The minimum atomic E-state index is -0.300. The summed E-state index contributed by atoms with van der Waals surface area (Å²) in [6.07, 6.45) is 1.04. The van der Waals surface area contributed by atoms with Crippen LogP contribution >= 0.6 is 0 Å². The largest absolute Gasteiger partial charge is 0.368 e. The second kappa shape index (κ2) is 5.32. The van der Waals surface area contributed by atoms with E-state index in [4.69, 9.17) is 5.73 Å². The molecule has 84 valence electrons. The summed E-state index contributed by atoms with van der Waals surface area (Å²) in [5.74, 6) is -0.300. The molecule has 0 heterocycles. The molecule has 0 aromatic heterocycles. The van der Waals surface area contributed by atoms with E-state index < -0.39 is 0 Å². The Morgan fingerprint density at radius 2 is 2.07 bits per heavy atom. The van der Waals surface area contributed by atoms with Gasteiger partial charge in [-0.05, 0) is 34.4 Å². The van der Waals surface area contributed by atoms with Gasteiger partial charge in [0.2, 0.25) is 5.91 Å². The number of hydrogen-bond acceptors (Lipinski definition) is 3. The van der Waals surface area contributed by atoms with Gasteiger partial charge in [0.15, 0.2) is 0 Å². The molecule has 1 unspecified atom stereocenters. The summed E-state index contributed by atoms with van der Waals surface area (Å²) < 4.78 is 0. The highest BCUT2D eigenvalue weighted by atomic mass is 16.1. The lowest BCUT2D eigenvalue weighted by molar-refractivity contribution is -0.120. The van der Waals surface area contributed by atoms with Crippen LogP contribution in [0, 0.1) is 0 Å². The number of nitrogens with two attached hydrogens (primary N) is 1. The molecule has 0 fully saturated rings. The van der Waals surface area contributed by atoms with E-state index in [0.29, 0.717) is 6.54 Å². The molecule has 0 aliphatic heterocycles. The lowest BCUT2D eigenvalue weighted by Crippen LogP contribution is -2.52. The predicted molar refractivity (Wildman–Crippen MR) is 59.0 cm³/mol. The molecular weight excluding hydrogens is 178 g/mol. The van der Waals surface area contributed by atoms with Gasteiger partial charge in [-0.15, -0.1) is 0 Å². The predicted octanol–water partition coefficient (Wildman–Crippen LogP) is 0.180. The first-order chi connectivity index (χ1) is 6.35. The molecule has 0 spiro atoms. The molecule has 0 saturated heterocycles. The Kier molecular flexibility index (Phi) is 5.08. The number of amides is 1. The zero-order valence-electron chi connectivity index (χ0n) is 9.92. The summed E-state index contributed by atoms with van der Waals surface area (Å²) in [7, 11) is 3.76. The number of hydrogen-bond donors (Lipinski definition) is 2. The van der Waals surface area contributed by atoms with Crippen LogP contribution in [0.1, 0.15) is 27.2 Å². The number of rotatable bonds is 6. The van der Waals surface area contributed by atoms with Gasteiger partial charge in [-0.3, -0.25) is 9.69 Å². The third kappa shape index (κ3) is 3.64. The zero-order valence-corrected chi connectivity index (χ0v) is 9.92. The molecule has 4 nitrogen and oxygen atoms in total. The van der Waals surface area contributed by atoms with E-state index in [1.54, 1.807) is 7.05 Å². The molecule has 0 aliphatic rings. The van der Waals surface area contributed by atoms with Gasteiger partial charge in [0.05, 0.1) is 6.04 Å². The van der Waals surface area contributed by atoms with Crippen molar-refractivity contribution in [2.75, 3.05) is 20.6 Å². The highest BCUT2D eigenvalue weighted by Gasteiger charge is 2.25. The first-order valence-electron chi connectivity index (χ1n) is 5.03. The quantitative estimate of drug-likeness (QED) is 0.644. The zero-order chi connectivity index (χ0) is 11.4.